The van der Waals surface area contributed by atoms with Gasteiger partial charge in [-0.2, -0.15) is 0 Å². The van der Waals surface area contributed by atoms with Crippen molar-refractivity contribution in [1.82, 2.24) is 0 Å². The molecule has 0 aromatic heterocycles. The molecular weight excluding hydrogens is 228 g/mol. The Bertz CT molecular complexity index is 479. The van der Waals surface area contributed by atoms with E-state index in [-0.39, 0.29) is 17.1 Å². The van der Waals surface area contributed by atoms with Gasteiger partial charge in [0.15, 0.2) is 5.78 Å². The summed E-state index contributed by atoms with van der Waals surface area (Å²) < 4.78 is 0. The number of rotatable bonds is 3. The van der Waals surface area contributed by atoms with E-state index in [1.165, 1.54) is 5.56 Å². The minimum atomic E-state index is -0.861. The predicted molar refractivity (Wildman–Crippen MR) is 68.7 cm³/mol. The summed E-state index contributed by atoms with van der Waals surface area (Å²) >= 11 is 0. The van der Waals surface area contributed by atoms with Gasteiger partial charge in [-0.25, -0.2) is 0 Å². The molecule has 0 radical (unpaired) electrons. The van der Waals surface area contributed by atoms with E-state index < -0.39 is 11.9 Å². The fourth-order valence-electron chi connectivity index (χ4n) is 2.11. The van der Waals surface area contributed by atoms with E-state index in [9.17, 15) is 9.59 Å². The summed E-state index contributed by atoms with van der Waals surface area (Å²) in [7, 11) is 0. The van der Waals surface area contributed by atoms with Crippen LogP contribution in [0.2, 0.25) is 0 Å². The normalized spacial score (nSPS) is 22.6. The van der Waals surface area contributed by atoms with Crippen LogP contribution in [-0.4, -0.2) is 16.9 Å². The van der Waals surface area contributed by atoms with Crippen molar-refractivity contribution in [1.29, 1.82) is 0 Å². The molecule has 1 aliphatic carbocycles. The van der Waals surface area contributed by atoms with Crippen LogP contribution in [-0.2, 0) is 10.2 Å². The quantitative estimate of drug-likeness (QED) is 0.834. The van der Waals surface area contributed by atoms with Gasteiger partial charge in [0.25, 0.3) is 0 Å². The average molecular weight is 246 g/mol. The minimum absolute atomic E-state index is 0.0390. The number of ketones is 1. The fraction of sp³-hybridized carbons (Fsp3) is 0.467. The second kappa shape index (κ2) is 4.23. The lowest BCUT2D eigenvalue weighted by atomic mass is 9.86. The summed E-state index contributed by atoms with van der Waals surface area (Å²) in [6.07, 6.45) is 0.481. The largest absolute Gasteiger partial charge is 0.481 e. The maximum absolute atomic E-state index is 12.0. The van der Waals surface area contributed by atoms with Crippen molar-refractivity contribution < 1.29 is 14.7 Å². The number of carbonyl (C=O) groups is 2. The second-order valence-electron chi connectivity index (χ2n) is 5.98. The lowest BCUT2D eigenvalue weighted by Crippen LogP contribution is -2.12. The molecule has 1 aromatic rings. The van der Waals surface area contributed by atoms with Crippen LogP contribution < -0.4 is 0 Å². The van der Waals surface area contributed by atoms with Crippen LogP contribution in [0.15, 0.2) is 24.3 Å². The van der Waals surface area contributed by atoms with Crippen LogP contribution in [0.4, 0.5) is 0 Å². The van der Waals surface area contributed by atoms with Crippen LogP contribution in [0.5, 0.6) is 0 Å². The van der Waals surface area contributed by atoms with E-state index in [0.717, 1.165) is 0 Å². The van der Waals surface area contributed by atoms with Gasteiger partial charge < -0.3 is 5.11 Å². The van der Waals surface area contributed by atoms with E-state index in [4.69, 9.17) is 5.11 Å². The number of aliphatic carboxylic acids is 1. The lowest BCUT2D eigenvalue weighted by molar-refractivity contribution is -0.138. The summed E-state index contributed by atoms with van der Waals surface area (Å²) in [6, 6.07) is 7.51. The molecule has 0 bridgehead atoms. The summed E-state index contributed by atoms with van der Waals surface area (Å²) in [4.78, 5) is 22.8. The van der Waals surface area contributed by atoms with E-state index in [1.807, 2.05) is 12.1 Å². The molecule has 1 aliphatic rings. The van der Waals surface area contributed by atoms with E-state index in [2.05, 4.69) is 20.8 Å². The Kier molecular flexibility index (Phi) is 3.01. The first-order valence-corrected chi connectivity index (χ1v) is 6.18. The molecule has 1 saturated carbocycles. The van der Waals surface area contributed by atoms with E-state index in [0.29, 0.717) is 12.0 Å². The first kappa shape index (κ1) is 12.8. The van der Waals surface area contributed by atoms with Crippen molar-refractivity contribution in [2.24, 2.45) is 11.8 Å². The van der Waals surface area contributed by atoms with Crippen LogP contribution in [0, 0.1) is 11.8 Å². The molecule has 1 fully saturated rings. The third kappa shape index (κ3) is 2.45. The summed E-state index contributed by atoms with van der Waals surface area (Å²) in [5, 5.41) is 8.82. The number of carbonyl (C=O) groups excluding carboxylic acids is 1. The zero-order chi connectivity index (χ0) is 13.5. The van der Waals surface area contributed by atoms with Crippen LogP contribution >= 0.6 is 0 Å². The Balaban J connectivity index is 2.12. The Hall–Kier alpha value is -1.64. The summed E-state index contributed by atoms with van der Waals surface area (Å²) in [5.74, 6) is -1.69. The molecular formula is C15H18O3. The van der Waals surface area contributed by atoms with Crippen molar-refractivity contribution in [3.8, 4) is 0 Å². The van der Waals surface area contributed by atoms with Gasteiger partial charge in [0.1, 0.15) is 0 Å². The second-order valence-corrected chi connectivity index (χ2v) is 5.98. The van der Waals surface area contributed by atoms with Gasteiger partial charge in [-0.15, -0.1) is 0 Å². The molecule has 96 valence electrons. The monoisotopic (exact) mass is 246 g/mol. The molecule has 0 spiro atoms. The van der Waals surface area contributed by atoms with Crippen LogP contribution in [0.1, 0.15) is 43.1 Å². The summed E-state index contributed by atoms with van der Waals surface area (Å²) in [5.41, 5.74) is 1.85. The molecule has 2 unspecified atom stereocenters. The van der Waals surface area contributed by atoms with Gasteiger partial charge in [-0.1, -0.05) is 45.0 Å². The third-order valence-electron chi connectivity index (χ3n) is 3.48. The smallest absolute Gasteiger partial charge is 0.307 e. The topological polar surface area (TPSA) is 54.4 Å². The summed E-state index contributed by atoms with van der Waals surface area (Å²) in [6.45, 7) is 6.35. The maximum Gasteiger partial charge on any atom is 0.307 e. The Morgan fingerprint density at radius 2 is 1.67 bits per heavy atom. The molecule has 0 amide bonds. The molecule has 2 atom stereocenters. The Morgan fingerprint density at radius 1 is 1.11 bits per heavy atom. The maximum atomic E-state index is 12.0. The zero-order valence-corrected chi connectivity index (χ0v) is 10.9. The molecule has 2 rings (SSSR count). The standard InChI is InChI=1S/C15H18O3/c1-15(2,3)10-6-4-9(5-7-10)13(16)11-8-12(11)14(17)18/h4-7,11-12H,8H2,1-3H3,(H,17,18). The highest BCUT2D eigenvalue weighted by molar-refractivity contribution is 6.02. The molecule has 1 N–H and O–H groups in total. The van der Waals surface area contributed by atoms with Gasteiger partial charge in [0, 0.05) is 11.5 Å². The molecule has 18 heavy (non-hydrogen) atoms. The molecule has 0 aliphatic heterocycles. The first-order chi connectivity index (χ1) is 8.30. The number of Topliss-reactive ketones (excluding diaryl/α,β-unsaturated/α-hetero) is 1. The molecule has 3 nitrogen and oxygen atoms in total. The van der Waals surface area contributed by atoms with Gasteiger partial charge >= 0.3 is 5.97 Å². The molecule has 3 heteroatoms. The van der Waals surface area contributed by atoms with Crippen molar-refractivity contribution in [2.75, 3.05) is 0 Å². The van der Waals surface area contributed by atoms with Crippen LogP contribution in [0.25, 0.3) is 0 Å². The van der Waals surface area contributed by atoms with Gasteiger partial charge in [-0.05, 0) is 17.4 Å². The predicted octanol–water partition coefficient (Wildman–Crippen LogP) is 2.89. The number of hydrogen-bond acceptors (Lipinski definition) is 2. The molecule has 0 saturated heterocycles. The van der Waals surface area contributed by atoms with Crippen LogP contribution in [0.3, 0.4) is 0 Å². The third-order valence-corrected chi connectivity index (χ3v) is 3.48. The lowest BCUT2D eigenvalue weighted by Gasteiger charge is -2.18. The van der Waals surface area contributed by atoms with Gasteiger partial charge in [0.2, 0.25) is 0 Å². The highest BCUT2D eigenvalue weighted by Crippen LogP contribution is 2.41. The highest BCUT2D eigenvalue weighted by Gasteiger charge is 2.48. The van der Waals surface area contributed by atoms with Crippen molar-refractivity contribution >= 4 is 11.8 Å². The average Bonchev–Trinajstić information content (AvgIpc) is 3.07. The molecule has 1 aromatic carbocycles. The van der Waals surface area contributed by atoms with E-state index in [1.54, 1.807) is 12.1 Å². The fourth-order valence-corrected chi connectivity index (χ4v) is 2.11. The number of benzene rings is 1. The minimum Gasteiger partial charge on any atom is -0.481 e. The Morgan fingerprint density at radius 3 is 2.06 bits per heavy atom. The number of carboxylic acid groups (broad SMARTS) is 1. The first-order valence-electron chi connectivity index (χ1n) is 6.18. The number of carboxylic acids is 1. The van der Waals surface area contributed by atoms with Gasteiger partial charge in [0.05, 0.1) is 5.92 Å². The van der Waals surface area contributed by atoms with E-state index >= 15 is 0 Å². The van der Waals surface area contributed by atoms with Crippen molar-refractivity contribution in [3.05, 3.63) is 35.4 Å². The Labute approximate surface area is 107 Å². The highest BCUT2D eigenvalue weighted by atomic mass is 16.4. The van der Waals surface area contributed by atoms with Gasteiger partial charge in [-0.3, -0.25) is 9.59 Å². The SMILES string of the molecule is CC(C)(C)c1ccc(C(=O)C2CC2C(=O)O)cc1. The number of hydrogen-bond donors (Lipinski definition) is 1. The molecule has 0 heterocycles. The zero-order valence-electron chi connectivity index (χ0n) is 10.9. The van der Waals surface area contributed by atoms with Crippen molar-refractivity contribution in [2.45, 2.75) is 32.6 Å². The van der Waals surface area contributed by atoms with Crippen molar-refractivity contribution in [3.63, 3.8) is 0 Å².